The number of rotatable bonds is 4. The molecule has 2 amide bonds. The van der Waals surface area contributed by atoms with Crippen LogP contribution in [0, 0.1) is 0 Å². The third-order valence-corrected chi connectivity index (χ3v) is 5.12. The van der Waals surface area contributed by atoms with E-state index in [1.165, 1.54) is 4.90 Å². The van der Waals surface area contributed by atoms with Gasteiger partial charge in [-0.15, -0.1) is 0 Å². The molecule has 1 aliphatic rings. The van der Waals surface area contributed by atoms with Crippen molar-refractivity contribution in [3.63, 3.8) is 0 Å². The molecule has 140 valence electrons. The van der Waals surface area contributed by atoms with Crippen LogP contribution in [0.4, 0.5) is 5.69 Å². The molecule has 0 aliphatic carbocycles. The number of fused-ring (bicyclic) bond motifs is 1. The number of benzene rings is 2. The molecule has 1 atom stereocenters. The third-order valence-electron chi connectivity index (χ3n) is 4.28. The molecular weight excluding hydrogens is 436 g/mol. The Kier molecular flexibility index (Phi) is 5.82. The first kappa shape index (κ1) is 19.4. The van der Waals surface area contributed by atoms with E-state index in [-0.39, 0.29) is 25.3 Å². The predicted octanol–water partition coefficient (Wildman–Crippen LogP) is 3.84. The molecule has 2 aromatic carbocycles. The van der Waals surface area contributed by atoms with Crippen molar-refractivity contribution in [2.24, 2.45) is 0 Å². The largest absolute Gasteiger partial charge is 0.481 e. The van der Waals surface area contributed by atoms with Crippen molar-refractivity contribution < 1.29 is 19.5 Å². The summed E-state index contributed by atoms with van der Waals surface area (Å²) in [6.07, 6.45) is -0.509. The zero-order valence-corrected chi connectivity index (χ0v) is 16.5. The van der Waals surface area contributed by atoms with E-state index in [1.807, 2.05) is 6.07 Å². The zero-order chi connectivity index (χ0) is 19.6. The standard InChI is InChI=1S/C19H16BrClN2O4/c20-11-5-6-15-13(9-11)19(12-3-1-2-4-14(12)21)23(10-16(24)22-15)17(25)7-8-18(26)27/h1-6,9,19H,7-8,10H2,(H,22,24)(H,26,27)/t19-/m1/s1. The number of aliphatic carboxylic acids is 1. The summed E-state index contributed by atoms with van der Waals surface area (Å²) in [5.74, 6) is -1.85. The SMILES string of the molecule is O=C(O)CCC(=O)N1CC(=O)Nc2ccc(Br)cc2[C@H]1c1ccccc1Cl. The van der Waals surface area contributed by atoms with Crippen molar-refractivity contribution in [1.29, 1.82) is 0 Å². The lowest BCUT2D eigenvalue weighted by Crippen LogP contribution is -2.39. The number of carbonyl (C=O) groups is 3. The van der Waals surface area contributed by atoms with Gasteiger partial charge in [0.1, 0.15) is 6.54 Å². The van der Waals surface area contributed by atoms with Gasteiger partial charge in [-0.25, -0.2) is 0 Å². The van der Waals surface area contributed by atoms with Crippen molar-refractivity contribution in [2.45, 2.75) is 18.9 Å². The maximum atomic E-state index is 12.8. The highest BCUT2D eigenvalue weighted by atomic mass is 79.9. The number of halogens is 2. The van der Waals surface area contributed by atoms with E-state index in [4.69, 9.17) is 16.7 Å². The molecule has 0 spiro atoms. The molecule has 27 heavy (non-hydrogen) atoms. The maximum absolute atomic E-state index is 12.8. The van der Waals surface area contributed by atoms with Crippen molar-refractivity contribution >= 4 is 51.0 Å². The Hall–Kier alpha value is -2.38. The molecule has 0 unspecified atom stereocenters. The Morgan fingerprint density at radius 1 is 1.19 bits per heavy atom. The number of nitrogens with one attached hydrogen (secondary N) is 1. The second-order valence-electron chi connectivity index (χ2n) is 6.12. The van der Waals surface area contributed by atoms with Crippen LogP contribution < -0.4 is 5.32 Å². The molecule has 1 heterocycles. The molecule has 0 saturated carbocycles. The first-order valence-corrected chi connectivity index (χ1v) is 9.39. The predicted molar refractivity (Wildman–Crippen MR) is 105 cm³/mol. The Bertz CT molecular complexity index is 918. The van der Waals surface area contributed by atoms with Crippen LogP contribution in [-0.4, -0.2) is 34.3 Å². The average Bonchev–Trinajstić information content (AvgIpc) is 2.76. The number of hydrogen-bond acceptors (Lipinski definition) is 3. The maximum Gasteiger partial charge on any atom is 0.303 e. The van der Waals surface area contributed by atoms with E-state index >= 15 is 0 Å². The molecule has 0 bridgehead atoms. The lowest BCUT2D eigenvalue weighted by Gasteiger charge is -2.31. The second kappa shape index (κ2) is 8.10. The van der Waals surface area contributed by atoms with Crippen LogP contribution in [0.1, 0.15) is 30.0 Å². The van der Waals surface area contributed by atoms with Crippen molar-refractivity contribution in [3.8, 4) is 0 Å². The quantitative estimate of drug-likeness (QED) is 0.739. The lowest BCUT2D eigenvalue weighted by molar-refractivity contribution is -0.142. The molecular formula is C19H16BrClN2O4. The van der Waals surface area contributed by atoms with Crippen molar-refractivity contribution in [1.82, 2.24) is 4.90 Å². The van der Waals surface area contributed by atoms with Gasteiger partial charge in [0.25, 0.3) is 0 Å². The van der Waals surface area contributed by atoms with Gasteiger partial charge in [-0.1, -0.05) is 45.7 Å². The highest BCUT2D eigenvalue weighted by Gasteiger charge is 2.34. The van der Waals surface area contributed by atoms with E-state index in [0.29, 0.717) is 21.8 Å². The monoisotopic (exact) mass is 450 g/mol. The van der Waals surface area contributed by atoms with Gasteiger partial charge in [0.05, 0.1) is 12.5 Å². The zero-order valence-electron chi connectivity index (χ0n) is 14.1. The molecule has 0 aromatic heterocycles. The summed E-state index contributed by atoms with van der Waals surface area (Å²) >= 11 is 9.83. The van der Waals surface area contributed by atoms with Crippen LogP contribution in [-0.2, 0) is 14.4 Å². The third kappa shape index (κ3) is 4.31. The van der Waals surface area contributed by atoms with E-state index in [9.17, 15) is 14.4 Å². The number of anilines is 1. The summed E-state index contributed by atoms with van der Waals surface area (Å²) in [6, 6.07) is 11.9. The van der Waals surface area contributed by atoms with E-state index in [2.05, 4.69) is 21.2 Å². The molecule has 0 radical (unpaired) electrons. The average molecular weight is 452 g/mol. The molecule has 6 nitrogen and oxygen atoms in total. The van der Waals surface area contributed by atoms with E-state index < -0.39 is 17.9 Å². The fraction of sp³-hybridized carbons (Fsp3) is 0.211. The van der Waals surface area contributed by atoms with Gasteiger partial charge in [-0.05, 0) is 29.8 Å². The fourth-order valence-electron chi connectivity index (χ4n) is 3.10. The number of carboxylic acids is 1. The molecule has 1 aliphatic heterocycles. The van der Waals surface area contributed by atoms with Crippen LogP contribution in [0.15, 0.2) is 46.9 Å². The number of nitrogens with zero attached hydrogens (tertiary/aromatic N) is 1. The second-order valence-corrected chi connectivity index (χ2v) is 7.44. The van der Waals surface area contributed by atoms with Gasteiger partial charge in [0.2, 0.25) is 11.8 Å². The summed E-state index contributed by atoms with van der Waals surface area (Å²) in [7, 11) is 0. The Labute approximate surface area is 169 Å². The fourth-order valence-corrected chi connectivity index (χ4v) is 3.72. The van der Waals surface area contributed by atoms with E-state index in [1.54, 1.807) is 36.4 Å². The smallest absolute Gasteiger partial charge is 0.303 e. The van der Waals surface area contributed by atoms with Crippen LogP contribution in [0.25, 0.3) is 0 Å². The van der Waals surface area contributed by atoms with Crippen LogP contribution >= 0.6 is 27.5 Å². The summed E-state index contributed by atoms with van der Waals surface area (Å²) in [5, 5.41) is 12.2. The summed E-state index contributed by atoms with van der Waals surface area (Å²) < 4.78 is 0.785. The highest BCUT2D eigenvalue weighted by Crippen LogP contribution is 2.40. The van der Waals surface area contributed by atoms with Gasteiger partial charge in [-0.3, -0.25) is 14.4 Å². The molecule has 0 saturated heterocycles. The van der Waals surface area contributed by atoms with E-state index in [0.717, 1.165) is 4.47 Å². The summed E-state index contributed by atoms with van der Waals surface area (Å²) in [6.45, 7) is -0.194. The van der Waals surface area contributed by atoms with Gasteiger partial charge < -0.3 is 15.3 Å². The number of amides is 2. The Balaban J connectivity index is 2.14. The first-order valence-electron chi connectivity index (χ1n) is 8.22. The highest BCUT2D eigenvalue weighted by molar-refractivity contribution is 9.10. The van der Waals surface area contributed by atoms with Crippen LogP contribution in [0.2, 0.25) is 5.02 Å². The molecule has 0 fully saturated rings. The van der Waals surface area contributed by atoms with Crippen LogP contribution in [0.3, 0.4) is 0 Å². The Morgan fingerprint density at radius 3 is 2.63 bits per heavy atom. The topological polar surface area (TPSA) is 86.7 Å². The number of carboxylic acid groups (broad SMARTS) is 1. The van der Waals surface area contributed by atoms with Crippen LogP contribution in [0.5, 0.6) is 0 Å². The van der Waals surface area contributed by atoms with Crippen molar-refractivity contribution in [3.05, 3.63) is 63.1 Å². The number of carbonyl (C=O) groups excluding carboxylic acids is 2. The first-order chi connectivity index (χ1) is 12.9. The van der Waals surface area contributed by atoms with Gasteiger partial charge in [0.15, 0.2) is 0 Å². The lowest BCUT2D eigenvalue weighted by atomic mass is 9.95. The summed E-state index contributed by atoms with van der Waals surface area (Å²) in [4.78, 5) is 37.5. The summed E-state index contributed by atoms with van der Waals surface area (Å²) in [5.41, 5.74) is 1.95. The molecule has 2 N–H and O–H groups in total. The van der Waals surface area contributed by atoms with Gasteiger partial charge in [-0.2, -0.15) is 0 Å². The molecule has 8 heteroatoms. The molecule has 3 rings (SSSR count). The minimum atomic E-state index is -1.07. The number of hydrogen-bond donors (Lipinski definition) is 2. The normalized spacial score (nSPS) is 16.3. The van der Waals surface area contributed by atoms with Gasteiger partial charge >= 0.3 is 5.97 Å². The van der Waals surface area contributed by atoms with Crippen molar-refractivity contribution in [2.75, 3.05) is 11.9 Å². The van der Waals surface area contributed by atoms with Gasteiger partial charge in [0, 0.05) is 27.2 Å². The minimum Gasteiger partial charge on any atom is -0.481 e. The Morgan fingerprint density at radius 2 is 1.93 bits per heavy atom. The minimum absolute atomic E-state index is 0.194. The molecule has 2 aromatic rings.